The van der Waals surface area contributed by atoms with Crippen LogP contribution in [0.15, 0.2) is 0 Å². The molecule has 1 atom stereocenters. The number of carboxylic acid groups (broad SMARTS) is 1. The fraction of sp³-hybridized carbons (Fsp3) is 0.800. The Hall–Kier alpha value is -0.280. The van der Waals surface area contributed by atoms with E-state index in [1.807, 2.05) is 0 Å². The quantitative estimate of drug-likeness (QED) is 0.576. The maximum absolute atomic E-state index is 9.99. The molecule has 1 unspecified atom stereocenters. The van der Waals surface area contributed by atoms with E-state index >= 15 is 0 Å². The van der Waals surface area contributed by atoms with Crippen LogP contribution in [0, 0.1) is 0 Å². The lowest BCUT2D eigenvalue weighted by molar-refractivity contribution is -0.136. The molecule has 0 saturated heterocycles. The molecule has 3 nitrogen and oxygen atoms in total. The van der Waals surface area contributed by atoms with Crippen molar-refractivity contribution in [2.45, 2.75) is 18.2 Å². The highest BCUT2D eigenvalue weighted by Gasteiger charge is 2.11. The molecule has 0 heterocycles. The topological polar surface area (TPSA) is 57.5 Å². The molecule has 0 radical (unpaired) electrons. The highest BCUT2D eigenvalue weighted by Crippen LogP contribution is 2.03. The molecular formula is C5H9ClO3. The second-order valence-corrected chi connectivity index (χ2v) is 2.20. The molecule has 54 valence electrons. The first kappa shape index (κ1) is 8.72. The van der Waals surface area contributed by atoms with Gasteiger partial charge in [-0.2, -0.15) is 0 Å². The summed E-state index contributed by atoms with van der Waals surface area (Å²) in [5, 5.41) is 15.6. The number of carbonyl (C=O) groups is 1. The van der Waals surface area contributed by atoms with Gasteiger partial charge in [0.05, 0.1) is 0 Å². The Kier molecular flexibility index (Phi) is 4.44. The molecule has 0 rings (SSSR count). The molecule has 4 heteroatoms. The average molecular weight is 153 g/mol. The Balaban J connectivity index is 3.27. The number of alkyl halides is 1. The van der Waals surface area contributed by atoms with E-state index in [9.17, 15) is 4.79 Å². The van der Waals surface area contributed by atoms with Crippen LogP contribution in [0.3, 0.4) is 0 Å². The summed E-state index contributed by atoms with van der Waals surface area (Å²) in [6.45, 7) is -0.00347. The Morgan fingerprint density at radius 3 is 2.56 bits per heavy atom. The van der Waals surface area contributed by atoms with Gasteiger partial charge in [0.25, 0.3) is 0 Å². The highest BCUT2D eigenvalue weighted by molar-refractivity contribution is 6.29. The molecule has 0 aliphatic heterocycles. The van der Waals surface area contributed by atoms with Crippen molar-refractivity contribution in [3.8, 4) is 0 Å². The van der Waals surface area contributed by atoms with Crippen molar-refractivity contribution >= 4 is 17.6 Å². The van der Waals surface area contributed by atoms with Gasteiger partial charge in [-0.25, -0.2) is 0 Å². The van der Waals surface area contributed by atoms with Crippen LogP contribution < -0.4 is 0 Å². The standard InChI is InChI=1S/C5H9ClO3/c6-4(5(8)9)2-1-3-7/h4,7H,1-3H2,(H,8,9). The summed E-state index contributed by atoms with van der Waals surface area (Å²) >= 11 is 5.28. The van der Waals surface area contributed by atoms with E-state index in [0.717, 1.165) is 0 Å². The molecule has 0 aromatic carbocycles. The summed E-state index contributed by atoms with van der Waals surface area (Å²) in [6.07, 6.45) is 0.772. The third-order valence-corrected chi connectivity index (χ3v) is 1.29. The van der Waals surface area contributed by atoms with Crippen molar-refractivity contribution in [2.24, 2.45) is 0 Å². The van der Waals surface area contributed by atoms with E-state index in [2.05, 4.69) is 0 Å². The van der Waals surface area contributed by atoms with Crippen molar-refractivity contribution in [1.82, 2.24) is 0 Å². The summed E-state index contributed by atoms with van der Waals surface area (Å²) in [5.74, 6) is -1.02. The molecule has 0 spiro atoms. The molecule has 0 aromatic heterocycles. The van der Waals surface area contributed by atoms with Crippen LogP contribution in [0.5, 0.6) is 0 Å². The smallest absolute Gasteiger partial charge is 0.321 e. The van der Waals surface area contributed by atoms with Crippen molar-refractivity contribution in [1.29, 1.82) is 0 Å². The molecule has 0 aliphatic rings. The van der Waals surface area contributed by atoms with Gasteiger partial charge in [-0.1, -0.05) is 0 Å². The van der Waals surface area contributed by atoms with Crippen molar-refractivity contribution < 1.29 is 15.0 Å². The zero-order valence-corrected chi connectivity index (χ0v) is 5.64. The summed E-state index contributed by atoms with van der Waals surface area (Å²) in [7, 11) is 0. The lowest BCUT2D eigenvalue weighted by Gasteiger charge is -1.99. The Labute approximate surface area is 58.3 Å². The fourth-order valence-electron chi connectivity index (χ4n) is 0.394. The largest absolute Gasteiger partial charge is 0.480 e. The van der Waals surface area contributed by atoms with E-state index in [4.69, 9.17) is 21.8 Å². The van der Waals surface area contributed by atoms with Gasteiger partial charge in [0.15, 0.2) is 0 Å². The Bertz CT molecular complexity index is 94.2. The molecular weight excluding hydrogens is 144 g/mol. The number of rotatable bonds is 4. The van der Waals surface area contributed by atoms with Gasteiger partial charge >= 0.3 is 5.97 Å². The molecule has 0 amide bonds. The van der Waals surface area contributed by atoms with Crippen LogP contribution in [0.4, 0.5) is 0 Å². The van der Waals surface area contributed by atoms with Crippen LogP contribution in [0.1, 0.15) is 12.8 Å². The van der Waals surface area contributed by atoms with E-state index in [-0.39, 0.29) is 6.61 Å². The molecule has 2 N–H and O–H groups in total. The normalized spacial score (nSPS) is 13.1. The Morgan fingerprint density at radius 2 is 2.22 bits per heavy atom. The summed E-state index contributed by atoms with van der Waals surface area (Å²) in [4.78, 5) is 9.99. The van der Waals surface area contributed by atoms with Gasteiger partial charge in [0.1, 0.15) is 5.38 Å². The molecule has 0 fully saturated rings. The van der Waals surface area contributed by atoms with Crippen LogP contribution in [-0.2, 0) is 4.79 Å². The molecule has 0 aromatic rings. The first-order chi connectivity index (χ1) is 4.18. The minimum absolute atomic E-state index is 0.00347. The van der Waals surface area contributed by atoms with Crippen LogP contribution >= 0.6 is 11.6 Å². The number of hydrogen-bond acceptors (Lipinski definition) is 2. The van der Waals surface area contributed by atoms with Crippen molar-refractivity contribution in [2.75, 3.05) is 6.61 Å². The number of hydrogen-bond donors (Lipinski definition) is 2. The van der Waals surface area contributed by atoms with E-state index < -0.39 is 11.3 Å². The monoisotopic (exact) mass is 152 g/mol. The third-order valence-electron chi connectivity index (χ3n) is 0.884. The van der Waals surface area contributed by atoms with Gasteiger partial charge < -0.3 is 10.2 Å². The number of aliphatic hydroxyl groups excluding tert-OH is 1. The van der Waals surface area contributed by atoms with Crippen molar-refractivity contribution in [3.63, 3.8) is 0 Å². The minimum atomic E-state index is -1.02. The number of halogens is 1. The van der Waals surface area contributed by atoms with Crippen LogP contribution in [0.2, 0.25) is 0 Å². The zero-order valence-electron chi connectivity index (χ0n) is 4.88. The lowest BCUT2D eigenvalue weighted by Crippen LogP contribution is -2.13. The zero-order chi connectivity index (χ0) is 7.28. The number of carboxylic acids is 1. The first-order valence-electron chi connectivity index (χ1n) is 2.66. The molecule has 0 saturated carbocycles. The van der Waals surface area contributed by atoms with Crippen LogP contribution in [0.25, 0.3) is 0 Å². The predicted octanol–water partition coefficient (Wildman–Crippen LogP) is 0.451. The van der Waals surface area contributed by atoms with Gasteiger partial charge in [-0.15, -0.1) is 11.6 Å². The van der Waals surface area contributed by atoms with Gasteiger partial charge in [-0.3, -0.25) is 4.79 Å². The molecule has 9 heavy (non-hydrogen) atoms. The predicted molar refractivity (Wildman–Crippen MR) is 33.6 cm³/mol. The summed E-state index contributed by atoms with van der Waals surface area (Å²) < 4.78 is 0. The van der Waals surface area contributed by atoms with Gasteiger partial charge in [-0.05, 0) is 12.8 Å². The second-order valence-electron chi connectivity index (χ2n) is 1.67. The molecule has 0 aliphatic carbocycles. The number of aliphatic carboxylic acids is 1. The SMILES string of the molecule is O=C(O)C(Cl)CCCO. The Morgan fingerprint density at radius 1 is 1.67 bits per heavy atom. The number of aliphatic hydroxyl groups is 1. The van der Waals surface area contributed by atoms with E-state index in [1.54, 1.807) is 0 Å². The van der Waals surface area contributed by atoms with Crippen LogP contribution in [-0.4, -0.2) is 28.2 Å². The van der Waals surface area contributed by atoms with E-state index in [0.29, 0.717) is 12.8 Å². The minimum Gasteiger partial charge on any atom is -0.480 e. The fourth-order valence-corrected chi connectivity index (χ4v) is 0.548. The van der Waals surface area contributed by atoms with Gasteiger partial charge in [0.2, 0.25) is 0 Å². The first-order valence-corrected chi connectivity index (χ1v) is 3.10. The van der Waals surface area contributed by atoms with E-state index in [1.165, 1.54) is 0 Å². The third kappa shape index (κ3) is 4.24. The van der Waals surface area contributed by atoms with Gasteiger partial charge in [0, 0.05) is 6.61 Å². The summed E-state index contributed by atoms with van der Waals surface area (Å²) in [5.41, 5.74) is 0. The average Bonchev–Trinajstić information content (AvgIpc) is 1.82. The van der Waals surface area contributed by atoms with Crippen molar-refractivity contribution in [3.05, 3.63) is 0 Å². The molecule has 0 bridgehead atoms. The maximum atomic E-state index is 9.99. The summed E-state index contributed by atoms with van der Waals surface area (Å²) in [6, 6.07) is 0. The second kappa shape index (κ2) is 4.58. The highest BCUT2D eigenvalue weighted by atomic mass is 35.5. The maximum Gasteiger partial charge on any atom is 0.321 e. The lowest BCUT2D eigenvalue weighted by atomic mass is 10.2.